The molecule has 0 spiro atoms. The van der Waals surface area contributed by atoms with Crippen LogP contribution in [0.2, 0.25) is 5.02 Å². The molecular formula is C16H22ClN3O. The maximum atomic E-state index is 5.86. The van der Waals surface area contributed by atoms with Crippen LogP contribution in [-0.4, -0.2) is 29.5 Å². The van der Waals surface area contributed by atoms with Gasteiger partial charge in [0.05, 0.1) is 5.69 Å². The lowest BCUT2D eigenvalue weighted by atomic mass is 10.2. The monoisotopic (exact) mass is 307 g/mol. The van der Waals surface area contributed by atoms with Crippen LogP contribution in [0.1, 0.15) is 25.6 Å². The molecule has 0 radical (unpaired) electrons. The maximum Gasteiger partial charge on any atom is 0.119 e. The lowest BCUT2D eigenvalue weighted by Gasteiger charge is -2.16. The summed E-state index contributed by atoms with van der Waals surface area (Å²) in [6, 6.07) is 10.1. The number of nitrogens with zero attached hydrogens (tertiary/aromatic N) is 2. The standard InChI is InChI=1S/C16H22ClN3O/c1-12(2)20-9-8-14(19-20)10-15(18-3)11-21-16-6-4-13(17)5-7-16/h4-9,12,15,18H,10-11H2,1-3H3. The summed E-state index contributed by atoms with van der Waals surface area (Å²) < 4.78 is 7.76. The van der Waals surface area contributed by atoms with Crippen LogP contribution < -0.4 is 10.1 Å². The minimum atomic E-state index is 0.219. The number of ether oxygens (including phenoxy) is 1. The first-order valence-corrected chi connectivity index (χ1v) is 7.56. The first kappa shape index (κ1) is 15.9. The van der Waals surface area contributed by atoms with Crippen LogP contribution in [0, 0.1) is 0 Å². The smallest absolute Gasteiger partial charge is 0.119 e. The lowest BCUT2D eigenvalue weighted by Crippen LogP contribution is -2.34. The van der Waals surface area contributed by atoms with Gasteiger partial charge in [-0.25, -0.2) is 0 Å². The minimum absolute atomic E-state index is 0.219. The minimum Gasteiger partial charge on any atom is -0.492 e. The average molecular weight is 308 g/mol. The molecule has 4 nitrogen and oxygen atoms in total. The van der Waals surface area contributed by atoms with Crippen molar-refractivity contribution in [2.45, 2.75) is 32.4 Å². The van der Waals surface area contributed by atoms with E-state index in [1.165, 1.54) is 0 Å². The average Bonchev–Trinajstić information content (AvgIpc) is 2.94. The zero-order valence-electron chi connectivity index (χ0n) is 12.7. The maximum absolute atomic E-state index is 5.86. The molecule has 1 unspecified atom stereocenters. The lowest BCUT2D eigenvalue weighted by molar-refractivity contribution is 0.268. The van der Waals surface area contributed by atoms with Crippen molar-refractivity contribution in [1.29, 1.82) is 0 Å². The van der Waals surface area contributed by atoms with E-state index in [2.05, 4.69) is 30.3 Å². The predicted octanol–water partition coefficient (Wildman–Crippen LogP) is 3.33. The molecule has 21 heavy (non-hydrogen) atoms. The van der Waals surface area contributed by atoms with E-state index in [1.54, 1.807) is 0 Å². The third kappa shape index (κ3) is 4.76. The highest BCUT2D eigenvalue weighted by Gasteiger charge is 2.11. The van der Waals surface area contributed by atoms with E-state index < -0.39 is 0 Å². The molecule has 0 amide bonds. The zero-order chi connectivity index (χ0) is 15.2. The van der Waals surface area contributed by atoms with Gasteiger partial charge in [0.15, 0.2) is 0 Å². The molecule has 1 aromatic carbocycles. The molecule has 0 aliphatic rings. The van der Waals surface area contributed by atoms with Crippen molar-refractivity contribution in [1.82, 2.24) is 15.1 Å². The second-order valence-corrected chi connectivity index (χ2v) is 5.77. The number of hydrogen-bond donors (Lipinski definition) is 1. The first-order chi connectivity index (χ1) is 10.1. The van der Waals surface area contributed by atoms with Gasteiger partial charge in [0.2, 0.25) is 0 Å². The van der Waals surface area contributed by atoms with Crippen molar-refractivity contribution in [2.75, 3.05) is 13.7 Å². The van der Waals surface area contributed by atoms with Crippen molar-refractivity contribution < 1.29 is 4.74 Å². The molecule has 2 rings (SSSR count). The molecular weight excluding hydrogens is 286 g/mol. The number of rotatable bonds is 7. The molecule has 5 heteroatoms. The van der Waals surface area contributed by atoms with Gasteiger partial charge >= 0.3 is 0 Å². The second kappa shape index (κ2) is 7.48. The van der Waals surface area contributed by atoms with Gasteiger partial charge in [-0.1, -0.05) is 11.6 Å². The molecule has 1 aromatic heterocycles. The topological polar surface area (TPSA) is 39.1 Å². The molecule has 1 atom stereocenters. The van der Waals surface area contributed by atoms with Gasteiger partial charge in [0, 0.05) is 29.7 Å². The second-order valence-electron chi connectivity index (χ2n) is 5.34. The Labute approximate surface area is 131 Å². The van der Waals surface area contributed by atoms with Crippen LogP contribution in [0.25, 0.3) is 0 Å². The number of nitrogens with one attached hydrogen (secondary N) is 1. The summed E-state index contributed by atoms with van der Waals surface area (Å²) in [4.78, 5) is 0. The van der Waals surface area contributed by atoms with Crippen LogP contribution in [0.4, 0.5) is 0 Å². The summed E-state index contributed by atoms with van der Waals surface area (Å²) in [5.41, 5.74) is 1.07. The Morgan fingerprint density at radius 2 is 1.95 bits per heavy atom. The highest BCUT2D eigenvalue weighted by molar-refractivity contribution is 6.30. The van der Waals surface area contributed by atoms with E-state index in [-0.39, 0.29) is 6.04 Å². The Morgan fingerprint density at radius 1 is 1.24 bits per heavy atom. The van der Waals surface area contributed by atoms with Crippen LogP contribution in [0.5, 0.6) is 5.75 Å². The normalized spacial score (nSPS) is 12.6. The predicted molar refractivity (Wildman–Crippen MR) is 86.1 cm³/mol. The summed E-state index contributed by atoms with van der Waals surface area (Å²) in [5, 5.41) is 8.55. The third-order valence-corrected chi connectivity index (χ3v) is 3.57. The van der Waals surface area contributed by atoms with Crippen LogP contribution in [0.15, 0.2) is 36.5 Å². The van der Waals surface area contributed by atoms with Gasteiger partial charge in [0.1, 0.15) is 12.4 Å². The molecule has 0 bridgehead atoms. The Bertz CT molecular complexity index is 551. The van der Waals surface area contributed by atoms with Gasteiger partial charge in [0.25, 0.3) is 0 Å². The highest BCUT2D eigenvalue weighted by Crippen LogP contribution is 2.16. The summed E-state index contributed by atoms with van der Waals surface area (Å²) in [6.07, 6.45) is 2.86. The van der Waals surface area contributed by atoms with Crippen molar-refractivity contribution >= 4 is 11.6 Å². The SMILES string of the molecule is CNC(COc1ccc(Cl)cc1)Cc1ccn(C(C)C)n1. The molecule has 1 N–H and O–H groups in total. The largest absolute Gasteiger partial charge is 0.492 e. The summed E-state index contributed by atoms with van der Waals surface area (Å²) in [5.74, 6) is 0.826. The summed E-state index contributed by atoms with van der Waals surface area (Å²) in [6.45, 7) is 4.83. The van der Waals surface area contributed by atoms with E-state index in [0.29, 0.717) is 17.7 Å². The van der Waals surface area contributed by atoms with Crippen LogP contribution >= 0.6 is 11.6 Å². The number of halogens is 1. The van der Waals surface area contributed by atoms with E-state index in [9.17, 15) is 0 Å². The fourth-order valence-electron chi connectivity index (χ4n) is 2.00. The Hall–Kier alpha value is -1.52. The van der Waals surface area contributed by atoms with E-state index >= 15 is 0 Å². The Morgan fingerprint density at radius 3 is 2.52 bits per heavy atom. The molecule has 0 aliphatic carbocycles. The Balaban J connectivity index is 1.88. The van der Waals surface area contributed by atoms with E-state index in [0.717, 1.165) is 17.9 Å². The van der Waals surface area contributed by atoms with Crippen LogP contribution in [-0.2, 0) is 6.42 Å². The van der Waals surface area contributed by atoms with Crippen molar-refractivity contribution in [3.63, 3.8) is 0 Å². The van der Waals surface area contributed by atoms with Crippen molar-refractivity contribution in [3.8, 4) is 5.75 Å². The van der Waals surface area contributed by atoms with Gasteiger partial charge < -0.3 is 10.1 Å². The van der Waals surface area contributed by atoms with E-state index in [1.807, 2.05) is 42.2 Å². The van der Waals surface area contributed by atoms with Gasteiger partial charge in [-0.2, -0.15) is 5.10 Å². The van der Waals surface area contributed by atoms with E-state index in [4.69, 9.17) is 16.3 Å². The molecule has 0 saturated carbocycles. The summed E-state index contributed by atoms with van der Waals surface area (Å²) >= 11 is 5.86. The molecule has 0 aliphatic heterocycles. The quantitative estimate of drug-likeness (QED) is 0.853. The van der Waals surface area contributed by atoms with Crippen molar-refractivity contribution in [3.05, 3.63) is 47.2 Å². The molecule has 0 saturated heterocycles. The van der Waals surface area contributed by atoms with Crippen LogP contribution in [0.3, 0.4) is 0 Å². The molecule has 1 heterocycles. The third-order valence-electron chi connectivity index (χ3n) is 3.32. The first-order valence-electron chi connectivity index (χ1n) is 7.18. The fraction of sp³-hybridized carbons (Fsp3) is 0.438. The zero-order valence-corrected chi connectivity index (χ0v) is 13.5. The van der Waals surface area contributed by atoms with Gasteiger partial charge in [-0.3, -0.25) is 4.68 Å². The molecule has 0 fully saturated rings. The number of likely N-dealkylation sites (N-methyl/N-ethyl adjacent to an activating group) is 1. The molecule has 2 aromatic rings. The molecule has 114 valence electrons. The highest BCUT2D eigenvalue weighted by atomic mass is 35.5. The number of hydrogen-bond acceptors (Lipinski definition) is 3. The number of benzene rings is 1. The fourth-order valence-corrected chi connectivity index (χ4v) is 2.12. The Kier molecular flexibility index (Phi) is 5.65. The van der Waals surface area contributed by atoms with Gasteiger partial charge in [-0.05, 0) is 51.2 Å². The van der Waals surface area contributed by atoms with Crippen molar-refractivity contribution in [2.24, 2.45) is 0 Å². The van der Waals surface area contributed by atoms with Gasteiger partial charge in [-0.15, -0.1) is 0 Å². The number of aromatic nitrogens is 2. The summed E-state index contributed by atoms with van der Waals surface area (Å²) in [7, 11) is 1.94.